The molecule has 0 atom stereocenters. The predicted octanol–water partition coefficient (Wildman–Crippen LogP) is 2.68. The maximum Gasteiger partial charge on any atom is 0.317 e. The number of amides is 2. The van der Waals surface area contributed by atoms with Gasteiger partial charge in [0.25, 0.3) is 0 Å². The Labute approximate surface area is 125 Å². The van der Waals surface area contributed by atoms with Gasteiger partial charge in [-0.1, -0.05) is 23.7 Å². The first-order chi connectivity index (χ1) is 9.31. The van der Waals surface area contributed by atoms with Gasteiger partial charge < -0.3 is 15.3 Å². The summed E-state index contributed by atoms with van der Waals surface area (Å²) in [6.45, 7) is 6.69. The van der Waals surface area contributed by atoms with Crippen molar-refractivity contribution in [3.05, 3.63) is 34.9 Å². The third-order valence-corrected chi connectivity index (χ3v) is 3.06. The Morgan fingerprint density at radius 1 is 1.45 bits per heavy atom. The smallest absolute Gasteiger partial charge is 0.317 e. The van der Waals surface area contributed by atoms with E-state index in [1.165, 1.54) is 0 Å². The van der Waals surface area contributed by atoms with Crippen LogP contribution in [0, 0.1) is 0 Å². The Morgan fingerprint density at radius 3 is 2.70 bits per heavy atom. The summed E-state index contributed by atoms with van der Waals surface area (Å²) < 4.78 is 0. The minimum atomic E-state index is -0.889. The number of carbonyl (C=O) groups is 1. The number of carbonyl (C=O) groups excluding carboxylic acids is 1. The van der Waals surface area contributed by atoms with Crippen LogP contribution in [0.1, 0.15) is 26.3 Å². The minimum Gasteiger partial charge on any atom is -0.389 e. The van der Waals surface area contributed by atoms with Crippen molar-refractivity contribution in [1.82, 2.24) is 10.2 Å². The molecule has 0 aliphatic carbocycles. The molecule has 1 rings (SSSR count). The molecule has 0 spiro atoms. The molecule has 1 aromatic carbocycles. The van der Waals surface area contributed by atoms with Gasteiger partial charge in [-0.2, -0.15) is 0 Å². The maximum absolute atomic E-state index is 12.0. The van der Waals surface area contributed by atoms with E-state index in [-0.39, 0.29) is 6.03 Å². The highest BCUT2D eigenvalue weighted by molar-refractivity contribution is 6.30. The van der Waals surface area contributed by atoms with E-state index >= 15 is 0 Å². The van der Waals surface area contributed by atoms with Crippen molar-refractivity contribution in [3.8, 4) is 0 Å². The van der Waals surface area contributed by atoms with E-state index in [0.717, 1.165) is 12.0 Å². The molecule has 112 valence electrons. The third-order valence-electron chi connectivity index (χ3n) is 2.83. The van der Waals surface area contributed by atoms with Crippen molar-refractivity contribution >= 4 is 17.6 Å². The zero-order valence-electron chi connectivity index (χ0n) is 12.3. The molecule has 0 saturated carbocycles. The lowest BCUT2D eigenvalue weighted by Crippen LogP contribution is -2.47. The van der Waals surface area contributed by atoms with E-state index in [2.05, 4.69) is 5.32 Å². The van der Waals surface area contributed by atoms with Crippen LogP contribution in [0.5, 0.6) is 0 Å². The van der Waals surface area contributed by atoms with Crippen LogP contribution in [0.3, 0.4) is 0 Å². The summed E-state index contributed by atoms with van der Waals surface area (Å²) in [5.74, 6) is 0. The second kappa shape index (κ2) is 7.50. The van der Waals surface area contributed by atoms with Crippen molar-refractivity contribution in [2.24, 2.45) is 0 Å². The van der Waals surface area contributed by atoms with Crippen LogP contribution in [-0.4, -0.2) is 41.3 Å². The van der Waals surface area contributed by atoms with E-state index in [1.807, 2.05) is 31.2 Å². The zero-order chi connectivity index (χ0) is 15.2. The molecule has 0 fully saturated rings. The van der Waals surface area contributed by atoms with E-state index in [0.29, 0.717) is 24.7 Å². The van der Waals surface area contributed by atoms with Crippen LogP contribution >= 0.6 is 11.6 Å². The highest BCUT2D eigenvalue weighted by atomic mass is 35.5. The van der Waals surface area contributed by atoms with Gasteiger partial charge in [-0.3, -0.25) is 0 Å². The Hall–Kier alpha value is -1.26. The highest BCUT2D eigenvalue weighted by Gasteiger charge is 2.20. The van der Waals surface area contributed by atoms with Gasteiger partial charge in [-0.05, 0) is 44.9 Å². The molecule has 20 heavy (non-hydrogen) atoms. The van der Waals surface area contributed by atoms with Crippen LogP contribution < -0.4 is 5.32 Å². The fraction of sp³-hybridized carbons (Fsp3) is 0.533. The van der Waals surface area contributed by atoms with E-state index < -0.39 is 5.60 Å². The Kier molecular flexibility index (Phi) is 6.30. The summed E-state index contributed by atoms with van der Waals surface area (Å²) in [7, 11) is 0. The molecule has 0 aliphatic rings. The number of halogens is 1. The van der Waals surface area contributed by atoms with Crippen LogP contribution in [-0.2, 0) is 6.42 Å². The zero-order valence-corrected chi connectivity index (χ0v) is 13.1. The summed E-state index contributed by atoms with van der Waals surface area (Å²) in [4.78, 5) is 13.6. The summed E-state index contributed by atoms with van der Waals surface area (Å²) >= 11 is 5.91. The van der Waals surface area contributed by atoms with Gasteiger partial charge >= 0.3 is 6.03 Å². The molecule has 2 amide bonds. The first-order valence-electron chi connectivity index (χ1n) is 6.81. The SMILES string of the molecule is CCN(CC(C)(C)O)C(=O)NCCc1cccc(Cl)c1. The number of benzene rings is 1. The van der Waals surface area contributed by atoms with Crippen LogP contribution in [0.2, 0.25) is 5.02 Å². The van der Waals surface area contributed by atoms with Gasteiger partial charge in [0.15, 0.2) is 0 Å². The van der Waals surface area contributed by atoms with Crippen molar-refractivity contribution in [1.29, 1.82) is 0 Å². The van der Waals surface area contributed by atoms with Gasteiger partial charge in [0.2, 0.25) is 0 Å². The molecule has 4 nitrogen and oxygen atoms in total. The number of rotatable bonds is 6. The lowest BCUT2D eigenvalue weighted by Gasteiger charge is -2.28. The van der Waals surface area contributed by atoms with E-state index in [4.69, 9.17) is 11.6 Å². The first-order valence-corrected chi connectivity index (χ1v) is 7.19. The quantitative estimate of drug-likeness (QED) is 0.848. The molecule has 0 unspecified atom stereocenters. The van der Waals surface area contributed by atoms with Crippen LogP contribution in [0.15, 0.2) is 24.3 Å². The molecule has 2 N–H and O–H groups in total. The summed E-state index contributed by atoms with van der Waals surface area (Å²) in [5, 5.41) is 13.3. The maximum atomic E-state index is 12.0. The van der Waals surface area contributed by atoms with Gasteiger partial charge in [-0.15, -0.1) is 0 Å². The summed E-state index contributed by atoms with van der Waals surface area (Å²) in [5.41, 5.74) is 0.198. The van der Waals surface area contributed by atoms with Crippen molar-refractivity contribution in [3.63, 3.8) is 0 Å². The number of hydrogen-bond donors (Lipinski definition) is 2. The van der Waals surface area contributed by atoms with Crippen LogP contribution in [0.4, 0.5) is 4.79 Å². The number of likely N-dealkylation sites (N-methyl/N-ethyl adjacent to an activating group) is 1. The molecule has 0 aliphatic heterocycles. The van der Waals surface area contributed by atoms with Gasteiger partial charge in [0, 0.05) is 18.1 Å². The largest absolute Gasteiger partial charge is 0.389 e. The van der Waals surface area contributed by atoms with Crippen molar-refractivity contribution in [2.75, 3.05) is 19.6 Å². The number of hydrogen-bond acceptors (Lipinski definition) is 2. The van der Waals surface area contributed by atoms with Gasteiger partial charge in [0.05, 0.1) is 12.1 Å². The van der Waals surface area contributed by atoms with Crippen molar-refractivity contribution in [2.45, 2.75) is 32.8 Å². The predicted molar refractivity (Wildman–Crippen MR) is 82.1 cm³/mol. The Morgan fingerprint density at radius 2 is 2.15 bits per heavy atom. The van der Waals surface area contributed by atoms with E-state index in [9.17, 15) is 9.90 Å². The Bertz CT molecular complexity index is 444. The second-order valence-electron chi connectivity index (χ2n) is 5.44. The molecule has 0 aromatic heterocycles. The molecule has 0 saturated heterocycles. The average molecular weight is 299 g/mol. The fourth-order valence-corrected chi connectivity index (χ4v) is 2.13. The number of aliphatic hydroxyl groups is 1. The number of nitrogens with zero attached hydrogens (tertiary/aromatic N) is 1. The normalized spacial score (nSPS) is 11.2. The Balaban J connectivity index is 2.42. The molecule has 0 radical (unpaired) electrons. The monoisotopic (exact) mass is 298 g/mol. The average Bonchev–Trinajstić information content (AvgIpc) is 2.34. The molecule has 0 bridgehead atoms. The molecule has 0 heterocycles. The fourth-order valence-electron chi connectivity index (χ4n) is 1.91. The van der Waals surface area contributed by atoms with Crippen molar-refractivity contribution < 1.29 is 9.90 Å². The summed E-state index contributed by atoms with van der Waals surface area (Å²) in [6.07, 6.45) is 0.729. The topological polar surface area (TPSA) is 52.6 Å². The molecule has 5 heteroatoms. The molecular formula is C15H23ClN2O2. The number of nitrogens with one attached hydrogen (secondary N) is 1. The summed E-state index contributed by atoms with van der Waals surface area (Å²) in [6, 6.07) is 7.43. The minimum absolute atomic E-state index is 0.156. The van der Waals surface area contributed by atoms with Gasteiger partial charge in [-0.25, -0.2) is 4.79 Å². The van der Waals surface area contributed by atoms with Gasteiger partial charge in [0.1, 0.15) is 0 Å². The van der Waals surface area contributed by atoms with E-state index in [1.54, 1.807) is 18.7 Å². The highest BCUT2D eigenvalue weighted by Crippen LogP contribution is 2.10. The lowest BCUT2D eigenvalue weighted by atomic mass is 10.1. The number of urea groups is 1. The third kappa shape index (κ3) is 6.26. The second-order valence-corrected chi connectivity index (χ2v) is 5.87. The lowest BCUT2D eigenvalue weighted by molar-refractivity contribution is 0.0480. The standard InChI is InChI=1S/C15H23ClN2O2/c1-4-18(11-15(2,3)20)14(19)17-9-8-12-6-5-7-13(16)10-12/h5-7,10,20H,4,8-9,11H2,1-3H3,(H,17,19). The molecule has 1 aromatic rings. The first kappa shape index (κ1) is 16.8. The molecular weight excluding hydrogens is 276 g/mol. The van der Waals surface area contributed by atoms with Crippen LogP contribution in [0.25, 0.3) is 0 Å².